The van der Waals surface area contributed by atoms with Crippen LogP contribution in [0.4, 0.5) is 0 Å². The molecule has 1 aromatic carbocycles. The van der Waals surface area contributed by atoms with Crippen molar-refractivity contribution in [1.82, 2.24) is 5.32 Å². The monoisotopic (exact) mass is 220 g/mol. The lowest BCUT2D eigenvalue weighted by molar-refractivity contribution is 0.104. The molecule has 0 fully saturated rings. The highest BCUT2D eigenvalue weighted by Gasteiger charge is 2.36. The van der Waals surface area contributed by atoms with Gasteiger partial charge in [0, 0.05) is 30.1 Å². The summed E-state index contributed by atoms with van der Waals surface area (Å²) in [5.74, 6) is 0.997. The maximum absolute atomic E-state index is 5.78. The molecule has 1 aliphatic heterocycles. The number of fused-ring (bicyclic) bond motifs is 1. The Kier molecular flexibility index (Phi) is 3.17. The molecule has 3 N–H and O–H groups in total. The second kappa shape index (κ2) is 4.44. The minimum absolute atomic E-state index is 0.101. The van der Waals surface area contributed by atoms with Crippen molar-refractivity contribution in [3.8, 4) is 5.75 Å². The number of ether oxygens (including phenoxy) is 1. The molecule has 1 unspecified atom stereocenters. The van der Waals surface area contributed by atoms with Crippen LogP contribution in [0, 0.1) is 5.41 Å². The van der Waals surface area contributed by atoms with E-state index in [1.807, 2.05) is 12.1 Å². The van der Waals surface area contributed by atoms with Crippen molar-refractivity contribution in [2.75, 3.05) is 19.7 Å². The average Bonchev–Trinajstić information content (AvgIpc) is 2.27. The fraction of sp³-hybridized carbons (Fsp3) is 0.538. The van der Waals surface area contributed by atoms with Gasteiger partial charge in [-0.1, -0.05) is 32.0 Å². The highest BCUT2D eigenvalue weighted by atomic mass is 16.5. The Hall–Kier alpha value is -1.06. The molecule has 0 aromatic heterocycles. The van der Waals surface area contributed by atoms with E-state index in [0.29, 0.717) is 12.6 Å². The molecule has 3 heteroatoms. The van der Waals surface area contributed by atoms with Gasteiger partial charge in [-0.15, -0.1) is 0 Å². The topological polar surface area (TPSA) is 47.3 Å². The Morgan fingerprint density at radius 3 is 2.94 bits per heavy atom. The number of nitrogens with one attached hydrogen (secondary N) is 1. The zero-order valence-corrected chi connectivity index (χ0v) is 9.99. The highest BCUT2D eigenvalue weighted by molar-refractivity contribution is 5.38. The molecule has 0 bridgehead atoms. The zero-order valence-electron chi connectivity index (χ0n) is 9.99. The van der Waals surface area contributed by atoms with Crippen LogP contribution in [0.2, 0.25) is 0 Å². The van der Waals surface area contributed by atoms with E-state index >= 15 is 0 Å². The maximum atomic E-state index is 5.78. The van der Waals surface area contributed by atoms with Crippen LogP contribution < -0.4 is 15.8 Å². The third kappa shape index (κ3) is 2.06. The molecule has 0 saturated carbocycles. The molecule has 16 heavy (non-hydrogen) atoms. The second-order valence-electron chi connectivity index (χ2n) is 4.99. The summed E-state index contributed by atoms with van der Waals surface area (Å²) >= 11 is 0. The van der Waals surface area contributed by atoms with Gasteiger partial charge in [0.1, 0.15) is 5.75 Å². The molecular weight excluding hydrogens is 200 g/mol. The number of benzene rings is 1. The normalized spacial score (nSPS) is 22.3. The SMILES string of the molecule is CC1(C)COc2ccccc2C1NCCN. The van der Waals surface area contributed by atoms with Crippen molar-refractivity contribution in [3.63, 3.8) is 0 Å². The smallest absolute Gasteiger partial charge is 0.124 e. The standard InChI is InChI=1S/C13H20N2O/c1-13(2)9-16-11-6-4-3-5-10(11)12(13)15-8-7-14/h3-6,12,15H,7-9,14H2,1-2H3. The van der Waals surface area contributed by atoms with Crippen LogP contribution in [0.1, 0.15) is 25.5 Å². The van der Waals surface area contributed by atoms with Crippen LogP contribution in [0.5, 0.6) is 5.75 Å². The molecule has 0 radical (unpaired) electrons. The molecule has 1 aromatic rings. The van der Waals surface area contributed by atoms with Crippen LogP contribution in [-0.2, 0) is 0 Å². The minimum atomic E-state index is 0.101. The number of hydrogen-bond acceptors (Lipinski definition) is 3. The second-order valence-corrected chi connectivity index (χ2v) is 4.99. The van der Waals surface area contributed by atoms with E-state index in [4.69, 9.17) is 10.5 Å². The third-order valence-corrected chi connectivity index (χ3v) is 3.10. The number of hydrogen-bond donors (Lipinski definition) is 2. The summed E-state index contributed by atoms with van der Waals surface area (Å²) in [6.07, 6.45) is 0. The molecule has 0 amide bonds. The Balaban J connectivity index is 2.30. The lowest BCUT2D eigenvalue weighted by Gasteiger charge is -2.40. The van der Waals surface area contributed by atoms with Gasteiger partial charge in [0.15, 0.2) is 0 Å². The summed E-state index contributed by atoms with van der Waals surface area (Å²) in [5, 5.41) is 3.51. The number of para-hydroxylation sites is 1. The van der Waals surface area contributed by atoms with E-state index < -0.39 is 0 Å². The summed E-state index contributed by atoms with van der Waals surface area (Å²) in [6, 6.07) is 8.55. The van der Waals surface area contributed by atoms with Crippen molar-refractivity contribution >= 4 is 0 Å². The third-order valence-electron chi connectivity index (χ3n) is 3.10. The molecule has 0 saturated heterocycles. The van der Waals surface area contributed by atoms with E-state index in [1.54, 1.807) is 0 Å². The Bertz CT molecular complexity index is 363. The maximum Gasteiger partial charge on any atom is 0.124 e. The van der Waals surface area contributed by atoms with Gasteiger partial charge in [0.05, 0.1) is 6.61 Å². The van der Waals surface area contributed by atoms with Gasteiger partial charge in [0.2, 0.25) is 0 Å². The summed E-state index contributed by atoms with van der Waals surface area (Å²) in [6.45, 7) is 6.68. The average molecular weight is 220 g/mol. The fourth-order valence-corrected chi connectivity index (χ4v) is 2.23. The number of nitrogens with two attached hydrogens (primary N) is 1. The molecule has 1 atom stereocenters. The molecule has 88 valence electrons. The molecule has 1 heterocycles. The van der Waals surface area contributed by atoms with Crippen molar-refractivity contribution < 1.29 is 4.74 Å². The lowest BCUT2D eigenvalue weighted by Crippen LogP contribution is -2.43. The highest BCUT2D eigenvalue weighted by Crippen LogP contribution is 2.42. The van der Waals surface area contributed by atoms with Gasteiger partial charge in [-0.2, -0.15) is 0 Å². The lowest BCUT2D eigenvalue weighted by atomic mass is 9.79. The van der Waals surface area contributed by atoms with Crippen molar-refractivity contribution in [2.24, 2.45) is 11.1 Å². The molecule has 0 aliphatic carbocycles. The van der Waals surface area contributed by atoms with Gasteiger partial charge < -0.3 is 15.8 Å². The quantitative estimate of drug-likeness (QED) is 0.815. The van der Waals surface area contributed by atoms with E-state index in [2.05, 4.69) is 31.3 Å². The van der Waals surface area contributed by atoms with Gasteiger partial charge in [0.25, 0.3) is 0 Å². The van der Waals surface area contributed by atoms with Gasteiger partial charge in [-0.3, -0.25) is 0 Å². The summed E-state index contributed by atoms with van der Waals surface area (Å²) in [4.78, 5) is 0. The predicted octanol–water partition coefficient (Wildman–Crippen LogP) is 1.69. The Morgan fingerprint density at radius 2 is 2.19 bits per heavy atom. The first-order valence-electron chi connectivity index (χ1n) is 5.80. The zero-order chi connectivity index (χ0) is 11.6. The summed E-state index contributed by atoms with van der Waals surface area (Å²) < 4.78 is 5.78. The van der Waals surface area contributed by atoms with Crippen molar-refractivity contribution in [2.45, 2.75) is 19.9 Å². The largest absolute Gasteiger partial charge is 0.493 e. The van der Waals surface area contributed by atoms with Gasteiger partial charge in [-0.25, -0.2) is 0 Å². The molecule has 3 nitrogen and oxygen atoms in total. The molecule has 1 aliphatic rings. The van der Waals surface area contributed by atoms with Crippen LogP contribution in [-0.4, -0.2) is 19.7 Å². The van der Waals surface area contributed by atoms with Crippen LogP contribution in [0.3, 0.4) is 0 Å². The van der Waals surface area contributed by atoms with Gasteiger partial charge >= 0.3 is 0 Å². The van der Waals surface area contributed by atoms with E-state index in [0.717, 1.165) is 18.9 Å². The van der Waals surface area contributed by atoms with Crippen molar-refractivity contribution in [1.29, 1.82) is 0 Å². The number of rotatable bonds is 3. The molecule has 0 spiro atoms. The molecule has 2 rings (SSSR count). The van der Waals surface area contributed by atoms with E-state index in [9.17, 15) is 0 Å². The van der Waals surface area contributed by atoms with Crippen LogP contribution in [0.15, 0.2) is 24.3 Å². The summed E-state index contributed by atoms with van der Waals surface area (Å²) in [5.41, 5.74) is 6.90. The van der Waals surface area contributed by atoms with E-state index in [1.165, 1.54) is 5.56 Å². The first-order valence-corrected chi connectivity index (χ1v) is 5.80. The van der Waals surface area contributed by atoms with Crippen LogP contribution >= 0.6 is 0 Å². The predicted molar refractivity (Wildman–Crippen MR) is 65.5 cm³/mol. The first-order chi connectivity index (χ1) is 7.65. The first kappa shape index (κ1) is 11.4. The summed E-state index contributed by atoms with van der Waals surface area (Å²) in [7, 11) is 0. The van der Waals surface area contributed by atoms with Crippen molar-refractivity contribution in [3.05, 3.63) is 29.8 Å². The van der Waals surface area contributed by atoms with E-state index in [-0.39, 0.29) is 5.41 Å². The minimum Gasteiger partial charge on any atom is -0.493 e. The Morgan fingerprint density at radius 1 is 1.44 bits per heavy atom. The fourth-order valence-electron chi connectivity index (χ4n) is 2.23. The van der Waals surface area contributed by atoms with Gasteiger partial charge in [-0.05, 0) is 6.07 Å². The van der Waals surface area contributed by atoms with Crippen LogP contribution in [0.25, 0.3) is 0 Å². The molecular formula is C13H20N2O. The Labute approximate surface area is 97.0 Å².